The number of rotatable bonds is 2. The van der Waals surface area contributed by atoms with Crippen molar-refractivity contribution in [2.45, 2.75) is 26.8 Å². The summed E-state index contributed by atoms with van der Waals surface area (Å²) in [5.74, 6) is -0.190. The van der Waals surface area contributed by atoms with Gasteiger partial charge in [-0.2, -0.15) is 5.26 Å². The molecule has 0 fully saturated rings. The van der Waals surface area contributed by atoms with Gasteiger partial charge < -0.3 is 10.6 Å². The maximum Gasteiger partial charge on any atom is 0.244 e. The van der Waals surface area contributed by atoms with E-state index in [0.29, 0.717) is 11.3 Å². The van der Waals surface area contributed by atoms with Crippen LogP contribution >= 0.6 is 0 Å². The van der Waals surface area contributed by atoms with Gasteiger partial charge in [-0.15, -0.1) is 0 Å². The molecule has 1 atom stereocenters. The van der Waals surface area contributed by atoms with Crippen LogP contribution in [-0.2, 0) is 4.79 Å². The van der Waals surface area contributed by atoms with Crippen LogP contribution in [0.2, 0.25) is 0 Å². The van der Waals surface area contributed by atoms with E-state index in [1.807, 2.05) is 20.8 Å². The van der Waals surface area contributed by atoms with E-state index in [-0.39, 0.29) is 11.3 Å². The maximum atomic E-state index is 12.2. The minimum atomic E-state index is -0.603. The van der Waals surface area contributed by atoms with Gasteiger partial charge >= 0.3 is 0 Å². The van der Waals surface area contributed by atoms with Crippen LogP contribution in [-0.4, -0.2) is 19.0 Å². The van der Waals surface area contributed by atoms with Crippen LogP contribution in [0.1, 0.15) is 26.3 Å². The van der Waals surface area contributed by atoms with Crippen molar-refractivity contribution >= 4 is 11.6 Å². The highest BCUT2D eigenvalue weighted by Crippen LogP contribution is 2.23. The van der Waals surface area contributed by atoms with Gasteiger partial charge in [0.2, 0.25) is 5.91 Å². The minimum absolute atomic E-state index is 0.190. The van der Waals surface area contributed by atoms with Gasteiger partial charge in [0.15, 0.2) is 0 Å². The third-order valence-corrected chi connectivity index (χ3v) is 2.92. The lowest BCUT2D eigenvalue weighted by molar-refractivity contribution is -0.121. The van der Waals surface area contributed by atoms with Crippen molar-refractivity contribution in [1.29, 1.82) is 5.26 Å². The summed E-state index contributed by atoms with van der Waals surface area (Å²) in [5.41, 5.74) is 6.69. The molecule has 1 rings (SSSR count). The first-order chi connectivity index (χ1) is 8.29. The van der Waals surface area contributed by atoms with Gasteiger partial charge in [-0.3, -0.25) is 4.79 Å². The minimum Gasteiger partial charge on any atom is -0.319 e. The molecule has 1 aromatic rings. The highest BCUT2D eigenvalue weighted by molar-refractivity contribution is 5.98. The SMILES string of the molecule is CN(C(=O)[C@@H](N)C(C)(C)C)c1ccccc1C#N. The molecule has 1 amide bonds. The molecule has 2 N–H and O–H groups in total. The Hall–Kier alpha value is -1.86. The number of amides is 1. The second-order valence-electron chi connectivity index (χ2n) is 5.37. The summed E-state index contributed by atoms with van der Waals surface area (Å²) < 4.78 is 0. The molecule has 0 aliphatic rings. The molecule has 96 valence electrons. The fourth-order valence-corrected chi connectivity index (χ4v) is 1.56. The lowest BCUT2D eigenvalue weighted by atomic mass is 9.86. The van der Waals surface area contributed by atoms with Crippen LogP contribution in [0.15, 0.2) is 24.3 Å². The summed E-state index contributed by atoms with van der Waals surface area (Å²) in [6, 6.07) is 8.46. The topological polar surface area (TPSA) is 70.1 Å². The van der Waals surface area contributed by atoms with Crippen molar-refractivity contribution in [2.75, 3.05) is 11.9 Å². The highest BCUT2D eigenvalue weighted by Gasteiger charge is 2.30. The standard InChI is InChI=1S/C14H19N3O/c1-14(2,3)12(16)13(18)17(4)11-8-6-5-7-10(11)9-15/h5-8,12H,16H2,1-4H3/t12-/m1/s1. The van der Waals surface area contributed by atoms with Gasteiger partial charge in [0.25, 0.3) is 0 Å². The molecule has 0 radical (unpaired) electrons. The highest BCUT2D eigenvalue weighted by atomic mass is 16.2. The number of carbonyl (C=O) groups is 1. The average molecular weight is 245 g/mol. The zero-order valence-electron chi connectivity index (χ0n) is 11.3. The number of anilines is 1. The van der Waals surface area contributed by atoms with Crippen molar-refractivity contribution in [3.05, 3.63) is 29.8 Å². The number of likely N-dealkylation sites (N-methyl/N-ethyl adjacent to an activating group) is 1. The zero-order valence-corrected chi connectivity index (χ0v) is 11.3. The first kappa shape index (κ1) is 14.2. The number of benzene rings is 1. The Kier molecular flexibility index (Phi) is 4.10. The molecule has 4 heteroatoms. The Balaban J connectivity index is 3.05. The van der Waals surface area contributed by atoms with E-state index in [2.05, 4.69) is 6.07 Å². The Bertz CT molecular complexity index is 483. The Morgan fingerprint density at radius 2 is 1.94 bits per heavy atom. The smallest absolute Gasteiger partial charge is 0.244 e. The Morgan fingerprint density at radius 1 is 1.39 bits per heavy atom. The molecule has 0 saturated carbocycles. The number of hydrogen-bond acceptors (Lipinski definition) is 3. The van der Waals surface area contributed by atoms with Gasteiger partial charge in [-0.25, -0.2) is 0 Å². The van der Waals surface area contributed by atoms with Gasteiger partial charge in [-0.1, -0.05) is 32.9 Å². The van der Waals surface area contributed by atoms with E-state index in [1.165, 1.54) is 4.90 Å². The van der Waals surface area contributed by atoms with Gasteiger partial charge in [-0.05, 0) is 17.5 Å². The van der Waals surface area contributed by atoms with Crippen LogP contribution < -0.4 is 10.6 Å². The van der Waals surface area contributed by atoms with Gasteiger partial charge in [0.05, 0.1) is 17.3 Å². The lowest BCUT2D eigenvalue weighted by Crippen LogP contribution is -2.49. The number of carbonyl (C=O) groups excluding carboxylic acids is 1. The third kappa shape index (κ3) is 2.88. The van der Waals surface area contributed by atoms with Gasteiger partial charge in [0, 0.05) is 7.05 Å². The van der Waals surface area contributed by atoms with E-state index in [0.717, 1.165) is 0 Å². The number of hydrogen-bond donors (Lipinski definition) is 1. The first-order valence-corrected chi connectivity index (χ1v) is 5.81. The average Bonchev–Trinajstić information content (AvgIpc) is 2.34. The van der Waals surface area contributed by atoms with E-state index < -0.39 is 6.04 Å². The molecular weight excluding hydrogens is 226 g/mol. The van der Waals surface area contributed by atoms with E-state index in [9.17, 15) is 4.79 Å². The van der Waals surface area contributed by atoms with Crippen molar-refractivity contribution in [2.24, 2.45) is 11.1 Å². The summed E-state index contributed by atoms with van der Waals surface area (Å²) in [6.07, 6.45) is 0. The molecule has 0 aromatic heterocycles. The zero-order chi connectivity index (χ0) is 13.9. The van der Waals surface area contributed by atoms with Crippen molar-refractivity contribution in [3.8, 4) is 6.07 Å². The second-order valence-corrected chi connectivity index (χ2v) is 5.37. The summed E-state index contributed by atoms with van der Waals surface area (Å²) in [5, 5.41) is 9.03. The molecule has 1 aromatic carbocycles. The molecule has 0 unspecified atom stereocenters. The summed E-state index contributed by atoms with van der Waals surface area (Å²) >= 11 is 0. The molecule has 0 spiro atoms. The molecule has 0 aliphatic carbocycles. The quantitative estimate of drug-likeness (QED) is 0.865. The predicted molar refractivity (Wildman–Crippen MR) is 72.0 cm³/mol. The monoisotopic (exact) mass is 245 g/mol. The summed E-state index contributed by atoms with van der Waals surface area (Å²) in [7, 11) is 1.64. The number of nitrogens with zero attached hydrogens (tertiary/aromatic N) is 2. The number of nitrogens with two attached hydrogens (primary N) is 1. The molecule has 0 aliphatic heterocycles. The number of para-hydroxylation sites is 1. The Labute approximate surface area is 108 Å². The molecule has 0 bridgehead atoms. The largest absolute Gasteiger partial charge is 0.319 e. The Morgan fingerprint density at radius 3 is 2.44 bits per heavy atom. The normalized spacial score (nSPS) is 12.7. The lowest BCUT2D eigenvalue weighted by Gasteiger charge is -2.30. The maximum absolute atomic E-state index is 12.2. The van der Waals surface area contributed by atoms with Crippen LogP contribution in [0, 0.1) is 16.7 Å². The van der Waals surface area contributed by atoms with Crippen molar-refractivity contribution in [1.82, 2.24) is 0 Å². The molecule has 18 heavy (non-hydrogen) atoms. The van der Waals surface area contributed by atoms with Crippen molar-refractivity contribution < 1.29 is 4.79 Å². The summed E-state index contributed by atoms with van der Waals surface area (Å²) in [4.78, 5) is 13.7. The predicted octanol–water partition coefficient (Wildman–Crippen LogP) is 1.89. The molecule has 0 heterocycles. The fourth-order valence-electron chi connectivity index (χ4n) is 1.56. The fraction of sp³-hybridized carbons (Fsp3) is 0.429. The van der Waals surface area contributed by atoms with Crippen LogP contribution in [0.5, 0.6) is 0 Å². The second kappa shape index (κ2) is 5.19. The van der Waals surface area contributed by atoms with E-state index in [4.69, 9.17) is 11.0 Å². The third-order valence-electron chi connectivity index (χ3n) is 2.92. The molecular formula is C14H19N3O. The molecule has 4 nitrogen and oxygen atoms in total. The number of nitriles is 1. The van der Waals surface area contributed by atoms with Gasteiger partial charge in [0.1, 0.15) is 6.07 Å². The van der Waals surface area contributed by atoms with E-state index in [1.54, 1.807) is 31.3 Å². The summed E-state index contributed by atoms with van der Waals surface area (Å²) in [6.45, 7) is 5.75. The van der Waals surface area contributed by atoms with Crippen LogP contribution in [0.3, 0.4) is 0 Å². The first-order valence-electron chi connectivity index (χ1n) is 5.81. The van der Waals surface area contributed by atoms with Crippen LogP contribution in [0.4, 0.5) is 5.69 Å². The van der Waals surface area contributed by atoms with E-state index >= 15 is 0 Å². The molecule has 0 saturated heterocycles. The van der Waals surface area contributed by atoms with Crippen LogP contribution in [0.25, 0.3) is 0 Å². The van der Waals surface area contributed by atoms with Crippen molar-refractivity contribution in [3.63, 3.8) is 0 Å².